The van der Waals surface area contributed by atoms with E-state index in [1.807, 2.05) is 0 Å². The van der Waals surface area contributed by atoms with E-state index in [0.717, 1.165) is 30.4 Å². The number of pyridine rings is 1. The van der Waals surface area contributed by atoms with Crippen molar-refractivity contribution in [2.45, 2.75) is 33.1 Å². The molecule has 0 aliphatic carbocycles. The molecule has 1 aliphatic heterocycles. The zero-order valence-corrected chi connectivity index (χ0v) is 11.8. The fraction of sp³-hybridized carbons (Fsp3) is 0.600. The summed E-state index contributed by atoms with van der Waals surface area (Å²) in [5.74, 6) is 1.84. The second-order valence-electron chi connectivity index (χ2n) is 5.61. The highest BCUT2D eigenvalue weighted by Crippen LogP contribution is 2.20. The van der Waals surface area contributed by atoms with Crippen molar-refractivity contribution in [2.24, 2.45) is 5.92 Å². The molecule has 3 heterocycles. The lowest BCUT2D eigenvalue weighted by Gasteiger charge is -2.31. The zero-order chi connectivity index (χ0) is 13.2. The van der Waals surface area contributed by atoms with E-state index in [0.29, 0.717) is 0 Å². The number of fused-ring (bicyclic) bond motifs is 1. The lowest BCUT2D eigenvalue weighted by molar-refractivity contribution is 0.180. The molecular formula is C15H22N4. The van der Waals surface area contributed by atoms with Gasteiger partial charge in [-0.05, 0) is 50.4 Å². The van der Waals surface area contributed by atoms with Gasteiger partial charge in [0.25, 0.3) is 0 Å². The minimum absolute atomic E-state index is 0.724. The molecule has 2 aromatic heterocycles. The number of piperidine rings is 1. The van der Waals surface area contributed by atoms with Gasteiger partial charge in [0.1, 0.15) is 5.82 Å². The summed E-state index contributed by atoms with van der Waals surface area (Å²) in [6, 6.07) is 4.17. The maximum absolute atomic E-state index is 4.40. The quantitative estimate of drug-likeness (QED) is 0.847. The van der Waals surface area contributed by atoms with Crippen LogP contribution in [0.2, 0.25) is 0 Å². The third-order valence-corrected chi connectivity index (χ3v) is 4.22. The molecule has 0 spiro atoms. The summed E-state index contributed by atoms with van der Waals surface area (Å²) in [7, 11) is 0. The van der Waals surface area contributed by atoms with Gasteiger partial charge in [0.2, 0.25) is 0 Å². The molecule has 0 radical (unpaired) electrons. The summed E-state index contributed by atoms with van der Waals surface area (Å²) in [5, 5.41) is 8.72. The Morgan fingerprint density at radius 3 is 3.11 bits per heavy atom. The first-order valence-corrected chi connectivity index (χ1v) is 7.29. The minimum Gasteiger partial charge on any atom is -0.303 e. The van der Waals surface area contributed by atoms with Crippen LogP contribution in [0, 0.1) is 12.8 Å². The van der Waals surface area contributed by atoms with E-state index < -0.39 is 0 Å². The molecule has 3 rings (SSSR count). The molecule has 0 bridgehead atoms. The first kappa shape index (κ1) is 12.6. The first-order chi connectivity index (χ1) is 9.28. The fourth-order valence-corrected chi connectivity index (χ4v) is 3.10. The van der Waals surface area contributed by atoms with Gasteiger partial charge in [-0.2, -0.15) is 0 Å². The molecule has 1 unspecified atom stereocenters. The van der Waals surface area contributed by atoms with Crippen LogP contribution < -0.4 is 0 Å². The number of aromatic nitrogens is 3. The number of likely N-dealkylation sites (tertiary alicyclic amines) is 1. The van der Waals surface area contributed by atoms with Crippen LogP contribution in [-0.2, 0) is 6.42 Å². The summed E-state index contributed by atoms with van der Waals surface area (Å²) in [5.41, 5.74) is 2.20. The number of rotatable bonds is 3. The average Bonchev–Trinajstić information content (AvgIpc) is 2.84. The third kappa shape index (κ3) is 2.50. The summed E-state index contributed by atoms with van der Waals surface area (Å²) >= 11 is 0. The number of aryl methyl sites for hydroxylation is 1. The van der Waals surface area contributed by atoms with E-state index >= 15 is 0 Å². The van der Waals surface area contributed by atoms with Crippen molar-refractivity contribution in [1.82, 2.24) is 19.5 Å². The van der Waals surface area contributed by atoms with Gasteiger partial charge in [0.15, 0.2) is 5.65 Å². The molecular weight excluding hydrogens is 236 g/mol. The van der Waals surface area contributed by atoms with E-state index in [9.17, 15) is 0 Å². The highest BCUT2D eigenvalue weighted by atomic mass is 15.2. The molecule has 1 saturated heterocycles. The summed E-state index contributed by atoms with van der Waals surface area (Å²) in [6.07, 6.45) is 5.75. The lowest BCUT2D eigenvalue weighted by atomic mass is 9.94. The van der Waals surface area contributed by atoms with Crippen molar-refractivity contribution >= 4 is 5.65 Å². The van der Waals surface area contributed by atoms with Gasteiger partial charge in [-0.1, -0.05) is 13.0 Å². The third-order valence-electron chi connectivity index (χ3n) is 4.22. The Bertz CT molecular complexity index is 560. The summed E-state index contributed by atoms with van der Waals surface area (Å²) < 4.78 is 2.15. The molecule has 102 valence electrons. The van der Waals surface area contributed by atoms with E-state index in [2.05, 4.69) is 51.7 Å². The highest BCUT2D eigenvalue weighted by molar-refractivity contribution is 5.46. The fourth-order valence-electron chi connectivity index (χ4n) is 3.10. The van der Waals surface area contributed by atoms with Gasteiger partial charge in [-0.25, -0.2) is 0 Å². The predicted octanol–water partition coefficient (Wildman–Crippen LogP) is 2.31. The molecule has 2 aromatic rings. The second-order valence-corrected chi connectivity index (χ2v) is 5.61. The Morgan fingerprint density at radius 1 is 1.37 bits per heavy atom. The van der Waals surface area contributed by atoms with Crippen LogP contribution >= 0.6 is 0 Å². The van der Waals surface area contributed by atoms with E-state index in [4.69, 9.17) is 0 Å². The van der Waals surface area contributed by atoms with Crippen LogP contribution in [0.4, 0.5) is 0 Å². The van der Waals surface area contributed by atoms with Crippen molar-refractivity contribution < 1.29 is 0 Å². The molecule has 4 nitrogen and oxygen atoms in total. The van der Waals surface area contributed by atoms with Gasteiger partial charge in [0.05, 0.1) is 0 Å². The first-order valence-electron chi connectivity index (χ1n) is 7.29. The van der Waals surface area contributed by atoms with Crippen LogP contribution in [0.5, 0.6) is 0 Å². The van der Waals surface area contributed by atoms with Crippen LogP contribution in [0.25, 0.3) is 5.65 Å². The maximum Gasteiger partial charge on any atom is 0.163 e. The number of hydrogen-bond donors (Lipinski definition) is 0. The lowest BCUT2D eigenvalue weighted by Crippen LogP contribution is -2.36. The van der Waals surface area contributed by atoms with Gasteiger partial charge < -0.3 is 4.90 Å². The SMILES string of the molecule is CCN1CCCC(Cc2nnc3c(C)cccn23)C1. The van der Waals surface area contributed by atoms with E-state index in [-0.39, 0.29) is 0 Å². The standard InChI is InChI=1S/C15H22N4/c1-3-18-8-5-7-13(11-18)10-14-16-17-15-12(2)6-4-9-19(14)15/h4,6,9,13H,3,5,7-8,10-11H2,1-2H3. The monoisotopic (exact) mass is 258 g/mol. The predicted molar refractivity (Wildman–Crippen MR) is 76.3 cm³/mol. The molecule has 0 amide bonds. The smallest absolute Gasteiger partial charge is 0.163 e. The average molecular weight is 258 g/mol. The molecule has 4 heteroatoms. The Labute approximate surface area is 114 Å². The van der Waals surface area contributed by atoms with Crippen LogP contribution in [0.3, 0.4) is 0 Å². The Morgan fingerprint density at radius 2 is 2.26 bits per heavy atom. The molecule has 1 fully saturated rings. The summed E-state index contributed by atoms with van der Waals surface area (Å²) in [4.78, 5) is 2.54. The van der Waals surface area contributed by atoms with Crippen molar-refractivity contribution in [3.8, 4) is 0 Å². The topological polar surface area (TPSA) is 33.4 Å². The Hall–Kier alpha value is -1.42. The van der Waals surface area contributed by atoms with Crippen LogP contribution in [-0.4, -0.2) is 39.1 Å². The Kier molecular flexibility index (Phi) is 3.51. The van der Waals surface area contributed by atoms with Gasteiger partial charge >= 0.3 is 0 Å². The second kappa shape index (κ2) is 5.29. The molecule has 0 saturated carbocycles. The van der Waals surface area contributed by atoms with Gasteiger partial charge in [-0.3, -0.25) is 4.40 Å². The molecule has 0 aromatic carbocycles. The number of nitrogens with zero attached hydrogens (tertiary/aromatic N) is 4. The zero-order valence-electron chi connectivity index (χ0n) is 11.8. The van der Waals surface area contributed by atoms with Crippen molar-refractivity contribution in [3.63, 3.8) is 0 Å². The van der Waals surface area contributed by atoms with Crippen LogP contribution in [0.15, 0.2) is 18.3 Å². The largest absolute Gasteiger partial charge is 0.303 e. The van der Waals surface area contributed by atoms with Gasteiger partial charge in [-0.15, -0.1) is 10.2 Å². The molecule has 0 N–H and O–H groups in total. The van der Waals surface area contributed by atoms with Gasteiger partial charge in [0, 0.05) is 19.2 Å². The van der Waals surface area contributed by atoms with Crippen molar-refractivity contribution in [2.75, 3.05) is 19.6 Å². The van der Waals surface area contributed by atoms with Crippen molar-refractivity contribution in [1.29, 1.82) is 0 Å². The minimum atomic E-state index is 0.724. The van der Waals surface area contributed by atoms with E-state index in [1.165, 1.54) is 31.5 Å². The normalized spacial score (nSPS) is 21.1. The highest BCUT2D eigenvalue weighted by Gasteiger charge is 2.21. The van der Waals surface area contributed by atoms with E-state index in [1.54, 1.807) is 0 Å². The number of hydrogen-bond acceptors (Lipinski definition) is 3. The Balaban J connectivity index is 1.80. The molecule has 1 atom stereocenters. The van der Waals surface area contributed by atoms with Crippen molar-refractivity contribution in [3.05, 3.63) is 29.7 Å². The molecule has 19 heavy (non-hydrogen) atoms. The molecule has 1 aliphatic rings. The maximum atomic E-state index is 4.40. The summed E-state index contributed by atoms with van der Waals surface area (Å²) in [6.45, 7) is 7.96. The van der Waals surface area contributed by atoms with Crippen LogP contribution in [0.1, 0.15) is 31.2 Å².